The van der Waals surface area contributed by atoms with E-state index in [-0.39, 0.29) is 0 Å². The molecule has 9 rings (SSSR count). The molecule has 0 aliphatic rings. The predicted molar refractivity (Wildman–Crippen MR) is 227 cm³/mol. The highest BCUT2D eigenvalue weighted by atomic mass is 32.1. The number of benzene rings is 6. The Balaban J connectivity index is 0.989. The lowest BCUT2D eigenvalue weighted by Crippen LogP contribution is -2.09. The first-order valence-corrected chi connectivity index (χ1v) is 19.4. The lowest BCUT2D eigenvalue weighted by Gasteiger charge is -2.26. The first-order chi connectivity index (χ1) is 25.7. The molecule has 0 unspecified atom stereocenters. The van der Waals surface area contributed by atoms with Crippen molar-refractivity contribution < 1.29 is 0 Å². The van der Waals surface area contributed by atoms with E-state index < -0.39 is 0 Å². The predicted octanol–water partition coefficient (Wildman–Crippen LogP) is 13.5. The van der Waals surface area contributed by atoms with Crippen LogP contribution in [0.5, 0.6) is 0 Å². The zero-order chi connectivity index (χ0) is 34.7. The Kier molecular flexibility index (Phi) is 8.80. The van der Waals surface area contributed by atoms with Crippen LogP contribution in [0.3, 0.4) is 0 Å². The van der Waals surface area contributed by atoms with Gasteiger partial charge in [0.2, 0.25) is 0 Å². The molecule has 0 bridgehead atoms. The maximum atomic E-state index is 4.76. The third-order valence-corrected chi connectivity index (χ3v) is 11.6. The average molecular weight is 723 g/mol. The summed E-state index contributed by atoms with van der Waals surface area (Å²) in [7, 11) is 0. The summed E-state index contributed by atoms with van der Waals surface area (Å²) in [5.74, 6) is 0. The monoisotopic (exact) mass is 722 g/mol. The van der Waals surface area contributed by atoms with Gasteiger partial charge in [0.25, 0.3) is 0 Å². The summed E-state index contributed by atoms with van der Waals surface area (Å²) in [6.45, 7) is 0. The summed E-state index contributed by atoms with van der Waals surface area (Å²) >= 11 is 5.12. The van der Waals surface area contributed by atoms with Crippen molar-refractivity contribution in [3.05, 3.63) is 177 Å². The molecule has 0 aliphatic heterocycles. The maximum Gasteiger partial charge on any atom is 0.117 e. The van der Waals surface area contributed by atoms with Gasteiger partial charge in [-0.1, -0.05) is 91.0 Å². The Morgan fingerprint density at radius 3 is 0.904 bits per heavy atom. The molecule has 248 valence electrons. The number of thiazole rings is 3. The molecule has 9 aromatic rings. The molecule has 3 heterocycles. The fourth-order valence-corrected chi connectivity index (χ4v) is 8.65. The van der Waals surface area contributed by atoms with Crippen LogP contribution >= 0.6 is 34.0 Å². The lowest BCUT2D eigenvalue weighted by molar-refractivity contribution is 1.28. The van der Waals surface area contributed by atoms with Gasteiger partial charge in [0.05, 0.1) is 30.6 Å². The quantitative estimate of drug-likeness (QED) is 0.149. The van der Waals surface area contributed by atoms with Crippen LogP contribution in [0.4, 0.5) is 17.1 Å². The number of aromatic nitrogens is 3. The van der Waals surface area contributed by atoms with E-state index in [1.165, 1.54) is 14.1 Å². The summed E-state index contributed by atoms with van der Waals surface area (Å²) < 4.78 is 3.60. The molecule has 0 atom stereocenters. The third kappa shape index (κ3) is 6.98. The molecule has 0 radical (unpaired) electrons. The van der Waals surface area contributed by atoms with Crippen LogP contribution in [-0.2, 0) is 0 Å². The summed E-state index contributed by atoms with van der Waals surface area (Å²) in [6, 6.07) is 50.8. The molecule has 0 saturated heterocycles. The van der Waals surface area contributed by atoms with E-state index in [0.717, 1.165) is 65.3 Å². The molecule has 0 N–H and O–H groups in total. The van der Waals surface area contributed by atoms with Crippen molar-refractivity contribution in [2.45, 2.75) is 0 Å². The Hall–Kier alpha value is -5.99. The Morgan fingerprint density at radius 1 is 0.327 bits per heavy atom. The normalized spacial score (nSPS) is 12.0. The second kappa shape index (κ2) is 14.3. The Morgan fingerprint density at radius 2 is 0.615 bits per heavy atom. The zero-order valence-corrected chi connectivity index (χ0v) is 30.3. The van der Waals surface area contributed by atoms with Crippen LogP contribution in [0.25, 0.3) is 67.1 Å². The smallest absolute Gasteiger partial charge is 0.117 e. The van der Waals surface area contributed by atoms with Crippen LogP contribution in [-0.4, -0.2) is 15.0 Å². The number of nitrogens with zero attached hydrogens (tertiary/aromatic N) is 4. The molecule has 0 amide bonds. The van der Waals surface area contributed by atoms with E-state index in [1.54, 1.807) is 34.0 Å². The molecule has 0 spiro atoms. The topological polar surface area (TPSA) is 41.9 Å². The molecule has 6 aromatic carbocycles. The molecule has 0 aliphatic carbocycles. The minimum atomic E-state index is 1.00. The van der Waals surface area contributed by atoms with Gasteiger partial charge in [-0.15, -0.1) is 34.0 Å². The van der Waals surface area contributed by atoms with Gasteiger partial charge < -0.3 is 4.90 Å². The first kappa shape index (κ1) is 32.0. The number of fused-ring (bicyclic) bond motifs is 3. The van der Waals surface area contributed by atoms with Gasteiger partial charge in [-0.3, -0.25) is 0 Å². The summed E-state index contributed by atoms with van der Waals surface area (Å²) in [4.78, 5) is 16.6. The van der Waals surface area contributed by atoms with Gasteiger partial charge >= 0.3 is 0 Å². The van der Waals surface area contributed by atoms with Crippen molar-refractivity contribution in [1.82, 2.24) is 15.0 Å². The van der Waals surface area contributed by atoms with E-state index in [9.17, 15) is 0 Å². The van der Waals surface area contributed by atoms with Gasteiger partial charge in [0.1, 0.15) is 15.0 Å². The van der Waals surface area contributed by atoms with Gasteiger partial charge in [0, 0.05) is 17.1 Å². The summed E-state index contributed by atoms with van der Waals surface area (Å²) in [5, 5.41) is 3.00. The van der Waals surface area contributed by atoms with E-state index in [1.807, 2.05) is 18.2 Å². The van der Waals surface area contributed by atoms with Crippen molar-refractivity contribution in [1.29, 1.82) is 0 Å². The average Bonchev–Trinajstić information content (AvgIpc) is 3.93. The van der Waals surface area contributed by atoms with Gasteiger partial charge in [-0.2, -0.15) is 0 Å². The van der Waals surface area contributed by atoms with Gasteiger partial charge in [-0.05, 0) is 108 Å². The second-order valence-corrected chi connectivity index (χ2v) is 15.4. The number of anilines is 3. The molecule has 7 heteroatoms. The lowest BCUT2D eigenvalue weighted by atomic mass is 10.1. The van der Waals surface area contributed by atoms with Crippen molar-refractivity contribution in [3.63, 3.8) is 0 Å². The second-order valence-electron chi connectivity index (χ2n) is 12.2. The summed E-state index contributed by atoms with van der Waals surface area (Å²) in [6.07, 6.45) is 12.7. The minimum Gasteiger partial charge on any atom is -0.311 e. The molecule has 52 heavy (non-hydrogen) atoms. The molecule has 3 aromatic heterocycles. The highest BCUT2D eigenvalue weighted by Gasteiger charge is 2.13. The van der Waals surface area contributed by atoms with Gasteiger partial charge in [-0.25, -0.2) is 15.0 Å². The number of para-hydroxylation sites is 3. The van der Waals surface area contributed by atoms with Crippen molar-refractivity contribution in [3.8, 4) is 0 Å². The number of hydrogen-bond donors (Lipinski definition) is 0. The van der Waals surface area contributed by atoms with Gasteiger partial charge in [0.15, 0.2) is 0 Å². The van der Waals surface area contributed by atoms with Crippen molar-refractivity contribution in [2.75, 3.05) is 4.90 Å². The molecule has 0 saturated carbocycles. The Labute approximate surface area is 313 Å². The van der Waals surface area contributed by atoms with E-state index in [4.69, 9.17) is 15.0 Å². The van der Waals surface area contributed by atoms with Crippen LogP contribution in [0.15, 0.2) is 146 Å². The van der Waals surface area contributed by atoms with E-state index >= 15 is 0 Å². The third-order valence-electron chi connectivity index (χ3n) is 8.64. The Bertz CT molecular complexity index is 2330. The molecule has 0 fully saturated rings. The fourth-order valence-electron chi connectivity index (χ4n) is 6.04. The van der Waals surface area contributed by atoms with E-state index in [2.05, 4.69) is 169 Å². The molecular formula is C45H30N4S3. The van der Waals surface area contributed by atoms with Crippen LogP contribution < -0.4 is 4.90 Å². The first-order valence-electron chi connectivity index (χ1n) is 16.9. The maximum absolute atomic E-state index is 4.76. The SMILES string of the molecule is C(=C\c1nc2ccccc2s1)/c1ccc(N(c2ccc(/C=C/c3nc4ccccc4s3)cc2)c2ccc(/C=C/c3nc4ccccc4s3)cc2)cc1. The standard InChI is InChI=1S/C45H30N4S3/c1-4-10-40-37(7-1)46-43(50-40)28-19-31-13-22-34(23-14-31)49(35-24-15-32(16-25-35)20-29-44-47-38-8-2-5-11-41(38)51-44)36-26-17-33(18-27-36)21-30-45-48-39-9-3-6-12-42(39)52-45/h1-30H/b28-19+,29-20+,30-21+. The number of rotatable bonds is 9. The minimum absolute atomic E-state index is 1.00. The molecule has 4 nitrogen and oxygen atoms in total. The van der Waals surface area contributed by atoms with Crippen LogP contribution in [0.2, 0.25) is 0 Å². The van der Waals surface area contributed by atoms with Crippen molar-refractivity contribution >= 4 is 118 Å². The largest absolute Gasteiger partial charge is 0.311 e. The number of hydrogen-bond acceptors (Lipinski definition) is 7. The van der Waals surface area contributed by atoms with Crippen LogP contribution in [0.1, 0.15) is 31.7 Å². The zero-order valence-electron chi connectivity index (χ0n) is 27.8. The highest BCUT2D eigenvalue weighted by molar-refractivity contribution is 7.20. The van der Waals surface area contributed by atoms with E-state index in [0.29, 0.717) is 0 Å². The molecular weight excluding hydrogens is 693 g/mol. The highest BCUT2D eigenvalue weighted by Crippen LogP contribution is 2.36. The fraction of sp³-hybridized carbons (Fsp3) is 0. The van der Waals surface area contributed by atoms with Crippen molar-refractivity contribution in [2.24, 2.45) is 0 Å². The van der Waals surface area contributed by atoms with Crippen LogP contribution in [0, 0.1) is 0 Å². The summed E-state index contributed by atoms with van der Waals surface area (Å²) in [5.41, 5.74) is 9.70.